The van der Waals surface area contributed by atoms with Crippen molar-refractivity contribution in [3.8, 4) is 0 Å². The van der Waals surface area contributed by atoms with Gasteiger partial charge in [0.25, 0.3) is 0 Å². The van der Waals surface area contributed by atoms with Gasteiger partial charge in [-0.25, -0.2) is 4.39 Å². The Morgan fingerprint density at radius 2 is 1.69 bits per heavy atom. The van der Waals surface area contributed by atoms with Gasteiger partial charge in [0.2, 0.25) is 5.91 Å². The topological polar surface area (TPSA) is 35.6 Å². The molecular weight excluding hydrogens is 353 g/mol. The van der Waals surface area contributed by atoms with Crippen LogP contribution in [-0.2, 0) is 11.3 Å². The smallest absolute Gasteiger partial charge is 0.238 e. The van der Waals surface area contributed by atoms with Crippen LogP contribution in [0.15, 0.2) is 48.5 Å². The Balaban J connectivity index is 1.48. The maximum atomic E-state index is 13.0. The number of hydrogen-bond donors (Lipinski definition) is 1. The number of benzene rings is 2. The fraction of sp³-hybridized carbons (Fsp3) is 0.350. The van der Waals surface area contributed by atoms with Gasteiger partial charge in [-0.1, -0.05) is 35.9 Å². The van der Waals surface area contributed by atoms with E-state index in [0.29, 0.717) is 17.3 Å². The van der Waals surface area contributed by atoms with Crippen molar-refractivity contribution in [3.05, 3.63) is 64.9 Å². The van der Waals surface area contributed by atoms with Gasteiger partial charge in [0, 0.05) is 19.6 Å². The summed E-state index contributed by atoms with van der Waals surface area (Å²) in [5.41, 5.74) is 1.75. The third kappa shape index (κ3) is 5.53. The monoisotopic (exact) mass is 375 g/mol. The van der Waals surface area contributed by atoms with Crippen molar-refractivity contribution >= 4 is 23.2 Å². The molecular formula is C20H23ClFN3O. The first-order chi connectivity index (χ1) is 12.6. The fourth-order valence-electron chi connectivity index (χ4n) is 3.14. The van der Waals surface area contributed by atoms with Gasteiger partial charge in [-0.15, -0.1) is 0 Å². The van der Waals surface area contributed by atoms with Crippen molar-refractivity contribution in [1.82, 2.24) is 9.80 Å². The predicted octanol–water partition coefficient (Wildman–Crippen LogP) is 3.63. The molecule has 0 bridgehead atoms. The van der Waals surface area contributed by atoms with Crippen molar-refractivity contribution in [3.63, 3.8) is 0 Å². The molecule has 0 saturated carbocycles. The molecule has 4 nitrogen and oxygen atoms in total. The van der Waals surface area contributed by atoms with E-state index in [0.717, 1.165) is 44.7 Å². The number of rotatable bonds is 5. The summed E-state index contributed by atoms with van der Waals surface area (Å²) >= 11 is 6.08. The zero-order chi connectivity index (χ0) is 18.4. The number of nitrogens with zero attached hydrogens (tertiary/aromatic N) is 2. The minimum atomic E-state index is -0.208. The normalized spacial score (nSPS) is 16.2. The van der Waals surface area contributed by atoms with Gasteiger partial charge in [-0.05, 0) is 49.3 Å². The van der Waals surface area contributed by atoms with Crippen LogP contribution in [0.1, 0.15) is 12.0 Å². The lowest BCUT2D eigenvalue weighted by atomic mass is 10.2. The van der Waals surface area contributed by atoms with Crippen molar-refractivity contribution in [2.45, 2.75) is 13.0 Å². The molecule has 1 amide bonds. The Bertz CT molecular complexity index is 738. The number of nitrogens with one attached hydrogen (secondary N) is 1. The first-order valence-corrected chi connectivity index (χ1v) is 9.21. The summed E-state index contributed by atoms with van der Waals surface area (Å²) in [4.78, 5) is 16.8. The largest absolute Gasteiger partial charge is 0.324 e. The number of anilines is 1. The van der Waals surface area contributed by atoms with E-state index in [1.54, 1.807) is 12.1 Å². The fourth-order valence-corrected chi connectivity index (χ4v) is 3.33. The molecule has 0 aliphatic carbocycles. The highest BCUT2D eigenvalue weighted by Gasteiger charge is 2.17. The Hall–Kier alpha value is -1.95. The molecule has 2 aromatic carbocycles. The minimum absolute atomic E-state index is 0.0508. The summed E-state index contributed by atoms with van der Waals surface area (Å²) in [6.45, 7) is 4.74. The van der Waals surface area contributed by atoms with Gasteiger partial charge in [-0.3, -0.25) is 14.6 Å². The molecule has 3 rings (SSSR count). The van der Waals surface area contributed by atoms with Crippen LogP contribution in [0.4, 0.5) is 10.1 Å². The standard InChI is InChI=1S/C20H23ClFN3O/c21-18-4-1-2-5-19(18)23-20(26)15-25-11-3-10-24(12-13-25)14-16-6-8-17(22)9-7-16/h1-2,4-9H,3,10-15H2,(H,23,26). The molecule has 0 radical (unpaired) electrons. The number of para-hydroxylation sites is 1. The van der Waals surface area contributed by atoms with Gasteiger partial charge in [-0.2, -0.15) is 0 Å². The number of carbonyl (C=O) groups is 1. The summed E-state index contributed by atoms with van der Waals surface area (Å²) in [7, 11) is 0. The number of hydrogen-bond acceptors (Lipinski definition) is 3. The molecule has 1 N–H and O–H groups in total. The van der Waals surface area contributed by atoms with Crippen LogP contribution < -0.4 is 5.32 Å². The number of carbonyl (C=O) groups excluding carboxylic acids is 1. The molecule has 1 saturated heterocycles. The van der Waals surface area contributed by atoms with Crippen LogP contribution in [0, 0.1) is 5.82 Å². The van der Waals surface area contributed by atoms with Crippen LogP contribution >= 0.6 is 11.6 Å². The van der Waals surface area contributed by atoms with E-state index in [1.807, 2.05) is 24.3 Å². The third-order valence-corrected chi connectivity index (χ3v) is 4.85. The van der Waals surface area contributed by atoms with E-state index in [1.165, 1.54) is 12.1 Å². The zero-order valence-corrected chi connectivity index (χ0v) is 15.4. The molecule has 1 heterocycles. The van der Waals surface area contributed by atoms with Crippen LogP contribution in [0.25, 0.3) is 0 Å². The van der Waals surface area contributed by atoms with Crippen LogP contribution in [0.2, 0.25) is 5.02 Å². The number of amides is 1. The molecule has 138 valence electrons. The second-order valence-corrected chi connectivity index (χ2v) is 6.97. The maximum absolute atomic E-state index is 13.0. The quantitative estimate of drug-likeness (QED) is 0.866. The maximum Gasteiger partial charge on any atom is 0.238 e. The van der Waals surface area contributed by atoms with Crippen molar-refractivity contribution in [2.24, 2.45) is 0 Å². The highest BCUT2D eigenvalue weighted by atomic mass is 35.5. The average molecular weight is 376 g/mol. The lowest BCUT2D eigenvalue weighted by Gasteiger charge is -2.21. The molecule has 2 aromatic rings. The average Bonchev–Trinajstić information content (AvgIpc) is 2.84. The molecule has 0 spiro atoms. The second kappa shape index (κ2) is 9.12. The predicted molar refractivity (Wildman–Crippen MR) is 103 cm³/mol. The highest BCUT2D eigenvalue weighted by molar-refractivity contribution is 6.33. The highest BCUT2D eigenvalue weighted by Crippen LogP contribution is 2.20. The van der Waals surface area contributed by atoms with E-state index in [4.69, 9.17) is 11.6 Å². The Labute approximate surface area is 158 Å². The third-order valence-electron chi connectivity index (χ3n) is 4.52. The molecule has 1 aliphatic rings. The lowest BCUT2D eigenvalue weighted by Crippen LogP contribution is -2.36. The molecule has 0 aromatic heterocycles. The zero-order valence-electron chi connectivity index (χ0n) is 14.6. The minimum Gasteiger partial charge on any atom is -0.324 e. The summed E-state index contributed by atoms with van der Waals surface area (Å²) in [6.07, 6.45) is 1.00. The molecule has 1 fully saturated rings. The van der Waals surface area contributed by atoms with Gasteiger partial charge in [0.15, 0.2) is 0 Å². The van der Waals surface area contributed by atoms with Crippen molar-refractivity contribution in [1.29, 1.82) is 0 Å². The lowest BCUT2D eigenvalue weighted by molar-refractivity contribution is -0.117. The molecule has 0 unspecified atom stereocenters. The Morgan fingerprint density at radius 1 is 1.00 bits per heavy atom. The summed E-state index contributed by atoms with van der Waals surface area (Å²) in [5.74, 6) is -0.259. The first-order valence-electron chi connectivity index (χ1n) is 8.84. The van der Waals surface area contributed by atoms with Crippen molar-refractivity contribution in [2.75, 3.05) is 38.0 Å². The molecule has 26 heavy (non-hydrogen) atoms. The van der Waals surface area contributed by atoms with E-state index in [-0.39, 0.29) is 11.7 Å². The van der Waals surface area contributed by atoms with E-state index >= 15 is 0 Å². The second-order valence-electron chi connectivity index (χ2n) is 6.56. The SMILES string of the molecule is O=C(CN1CCCN(Cc2ccc(F)cc2)CC1)Nc1ccccc1Cl. The van der Waals surface area contributed by atoms with Gasteiger partial charge in [0.1, 0.15) is 5.82 Å². The van der Waals surface area contributed by atoms with E-state index in [9.17, 15) is 9.18 Å². The van der Waals surface area contributed by atoms with Crippen LogP contribution in [-0.4, -0.2) is 48.4 Å². The number of halogens is 2. The van der Waals surface area contributed by atoms with Gasteiger partial charge < -0.3 is 5.32 Å². The van der Waals surface area contributed by atoms with Crippen LogP contribution in [0.3, 0.4) is 0 Å². The Kier molecular flexibility index (Phi) is 6.61. The van der Waals surface area contributed by atoms with E-state index < -0.39 is 0 Å². The molecule has 1 aliphatic heterocycles. The molecule has 0 atom stereocenters. The first kappa shape index (κ1) is 18.8. The summed E-state index contributed by atoms with van der Waals surface area (Å²) in [5, 5.41) is 3.42. The van der Waals surface area contributed by atoms with Crippen molar-refractivity contribution < 1.29 is 9.18 Å². The van der Waals surface area contributed by atoms with Gasteiger partial charge >= 0.3 is 0 Å². The van der Waals surface area contributed by atoms with Crippen LogP contribution in [0.5, 0.6) is 0 Å². The van der Waals surface area contributed by atoms with Gasteiger partial charge in [0.05, 0.1) is 17.3 Å². The Morgan fingerprint density at radius 3 is 2.46 bits per heavy atom. The molecule has 6 heteroatoms. The summed E-state index contributed by atoms with van der Waals surface area (Å²) < 4.78 is 13.0. The van der Waals surface area contributed by atoms with E-state index in [2.05, 4.69) is 15.1 Å². The summed E-state index contributed by atoms with van der Waals surface area (Å²) in [6, 6.07) is 13.9.